The maximum Gasteiger partial charge on any atom is 0.260 e. The Balaban J connectivity index is 2.51. The Kier molecular flexibility index (Phi) is 2.52. The van der Waals surface area contributed by atoms with Crippen molar-refractivity contribution in [1.82, 2.24) is 9.55 Å². The van der Waals surface area contributed by atoms with Crippen LogP contribution in [0.3, 0.4) is 0 Å². The molecule has 90 valence electrons. The van der Waals surface area contributed by atoms with Gasteiger partial charge in [-0.15, -0.1) is 11.3 Å². The molecule has 18 heavy (non-hydrogen) atoms. The molecule has 3 rings (SSSR count). The second kappa shape index (κ2) is 4.07. The van der Waals surface area contributed by atoms with Gasteiger partial charge < -0.3 is 0 Å². The van der Waals surface area contributed by atoms with Crippen LogP contribution in [0.5, 0.6) is 0 Å². The first-order valence-electron chi connectivity index (χ1n) is 5.70. The predicted octanol–water partition coefficient (Wildman–Crippen LogP) is 3.06. The van der Waals surface area contributed by atoms with Gasteiger partial charge in [-0.25, -0.2) is 4.98 Å². The van der Waals surface area contributed by atoms with Crippen molar-refractivity contribution in [1.29, 1.82) is 0 Å². The molecular formula is C14H12N2OS. The third-order valence-corrected chi connectivity index (χ3v) is 3.98. The number of aryl methyl sites for hydroxylation is 2. The molecule has 3 nitrogen and oxygen atoms in total. The van der Waals surface area contributed by atoms with E-state index in [2.05, 4.69) is 4.98 Å². The van der Waals surface area contributed by atoms with Gasteiger partial charge in [0.05, 0.1) is 0 Å². The zero-order valence-corrected chi connectivity index (χ0v) is 11.0. The molecule has 0 atom stereocenters. The van der Waals surface area contributed by atoms with Gasteiger partial charge in [-0.1, -0.05) is 0 Å². The number of aromatic nitrogens is 2. The van der Waals surface area contributed by atoms with E-state index in [1.165, 1.54) is 0 Å². The molecule has 0 unspecified atom stereocenters. The van der Waals surface area contributed by atoms with Crippen LogP contribution in [0.4, 0.5) is 0 Å². The fraction of sp³-hybridized carbons (Fsp3) is 0.143. The fourth-order valence-electron chi connectivity index (χ4n) is 2.06. The van der Waals surface area contributed by atoms with Gasteiger partial charge in [-0.05, 0) is 49.1 Å². The van der Waals surface area contributed by atoms with Crippen molar-refractivity contribution in [3.05, 3.63) is 57.3 Å². The van der Waals surface area contributed by atoms with Crippen molar-refractivity contribution < 1.29 is 0 Å². The van der Waals surface area contributed by atoms with Crippen molar-refractivity contribution in [2.75, 3.05) is 0 Å². The van der Waals surface area contributed by atoms with Gasteiger partial charge >= 0.3 is 0 Å². The lowest BCUT2D eigenvalue weighted by Crippen LogP contribution is -2.21. The van der Waals surface area contributed by atoms with Crippen molar-refractivity contribution in [3.63, 3.8) is 0 Å². The third kappa shape index (κ3) is 1.57. The van der Waals surface area contributed by atoms with Crippen LogP contribution in [0, 0.1) is 13.8 Å². The quantitative estimate of drug-likeness (QED) is 0.670. The lowest BCUT2D eigenvalue weighted by atomic mass is 10.2. The third-order valence-electron chi connectivity index (χ3n) is 2.98. The van der Waals surface area contributed by atoms with Gasteiger partial charge in [-0.3, -0.25) is 9.36 Å². The van der Waals surface area contributed by atoms with Crippen molar-refractivity contribution in [2.24, 2.45) is 0 Å². The highest BCUT2D eigenvalue weighted by Crippen LogP contribution is 2.23. The minimum Gasteiger partial charge on any atom is -0.269 e. The first-order chi connectivity index (χ1) is 8.68. The molecule has 0 radical (unpaired) electrons. The molecule has 0 saturated carbocycles. The van der Waals surface area contributed by atoms with E-state index in [9.17, 15) is 4.79 Å². The Morgan fingerprint density at radius 2 is 2.06 bits per heavy atom. The normalized spacial score (nSPS) is 11.0. The average molecular weight is 256 g/mol. The van der Waals surface area contributed by atoms with E-state index < -0.39 is 0 Å². The molecule has 4 heteroatoms. The smallest absolute Gasteiger partial charge is 0.260 e. The maximum absolute atomic E-state index is 12.4. The van der Waals surface area contributed by atoms with Gasteiger partial charge in [0, 0.05) is 17.1 Å². The summed E-state index contributed by atoms with van der Waals surface area (Å²) in [5.41, 5.74) is 2.56. The highest BCUT2D eigenvalue weighted by atomic mass is 32.1. The average Bonchev–Trinajstić information content (AvgIpc) is 2.77. The Bertz CT molecular complexity index is 786. The van der Waals surface area contributed by atoms with Crippen molar-refractivity contribution in [2.45, 2.75) is 13.8 Å². The van der Waals surface area contributed by atoms with Gasteiger partial charge in [0.15, 0.2) is 0 Å². The Morgan fingerprint density at radius 1 is 1.22 bits per heavy atom. The fourth-order valence-corrected chi connectivity index (χ4v) is 2.99. The second-order valence-electron chi connectivity index (χ2n) is 4.29. The zero-order valence-electron chi connectivity index (χ0n) is 10.2. The molecular weight excluding hydrogens is 244 g/mol. The van der Waals surface area contributed by atoms with Crippen LogP contribution in [-0.2, 0) is 0 Å². The summed E-state index contributed by atoms with van der Waals surface area (Å²) in [4.78, 5) is 16.7. The van der Waals surface area contributed by atoms with E-state index in [4.69, 9.17) is 0 Å². The lowest BCUT2D eigenvalue weighted by molar-refractivity contribution is 1.01. The highest BCUT2D eigenvalue weighted by Gasteiger charge is 2.11. The summed E-state index contributed by atoms with van der Waals surface area (Å²) in [6.45, 7) is 3.85. The van der Waals surface area contributed by atoms with Crippen LogP contribution in [-0.4, -0.2) is 9.55 Å². The van der Waals surface area contributed by atoms with Crippen LogP contribution >= 0.6 is 11.3 Å². The summed E-state index contributed by atoms with van der Waals surface area (Å²) in [6, 6.07) is 7.78. The van der Waals surface area contributed by atoms with Crippen LogP contribution in [0.1, 0.15) is 11.1 Å². The molecule has 0 aliphatic carbocycles. The van der Waals surface area contributed by atoms with Crippen molar-refractivity contribution in [3.8, 4) is 5.00 Å². The molecule has 3 aromatic heterocycles. The Morgan fingerprint density at radius 3 is 2.78 bits per heavy atom. The molecule has 0 amide bonds. The molecule has 0 aromatic carbocycles. The molecule has 3 heterocycles. The maximum atomic E-state index is 12.4. The van der Waals surface area contributed by atoms with Gasteiger partial charge in [-0.2, -0.15) is 0 Å². The minimum absolute atomic E-state index is 0.00625. The summed E-state index contributed by atoms with van der Waals surface area (Å²) >= 11 is 1.56. The summed E-state index contributed by atoms with van der Waals surface area (Å²) in [5.74, 6) is 0. The van der Waals surface area contributed by atoms with Crippen LogP contribution < -0.4 is 5.56 Å². The Labute approximate surface area is 108 Å². The van der Waals surface area contributed by atoms with E-state index in [-0.39, 0.29) is 5.56 Å². The number of rotatable bonds is 1. The number of pyridine rings is 2. The number of hydrogen-bond donors (Lipinski definition) is 0. The SMILES string of the molecule is Cc1ccsc1-n1c(=O)c(C)cc2cccnc21. The van der Waals surface area contributed by atoms with E-state index in [0.29, 0.717) is 0 Å². The minimum atomic E-state index is 0.00625. The van der Waals surface area contributed by atoms with E-state index in [0.717, 1.165) is 27.2 Å². The molecule has 0 bridgehead atoms. The largest absolute Gasteiger partial charge is 0.269 e. The predicted molar refractivity (Wildman–Crippen MR) is 74.7 cm³/mol. The van der Waals surface area contributed by atoms with Crippen LogP contribution in [0.15, 0.2) is 40.6 Å². The van der Waals surface area contributed by atoms with Crippen LogP contribution in [0.2, 0.25) is 0 Å². The van der Waals surface area contributed by atoms with Gasteiger partial charge in [0.25, 0.3) is 5.56 Å². The molecule has 0 aliphatic rings. The lowest BCUT2D eigenvalue weighted by Gasteiger charge is -2.09. The highest BCUT2D eigenvalue weighted by molar-refractivity contribution is 7.12. The summed E-state index contributed by atoms with van der Waals surface area (Å²) in [7, 11) is 0. The number of nitrogens with zero attached hydrogens (tertiary/aromatic N) is 2. The van der Waals surface area contributed by atoms with Crippen molar-refractivity contribution >= 4 is 22.4 Å². The molecule has 0 N–H and O–H groups in total. The van der Waals surface area contributed by atoms with E-state index in [1.54, 1.807) is 22.1 Å². The summed E-state index contributed by atoms with van der Waals surface area (Å²) < 4.78 is 1.71. The molecule has 0 spiro atoms. The number of fused-ring (bicyclic) bond motifs is 1. The first-order valence-corrected chi connectivity index (χ1v) is 6.58. The molecule has 0 fully saturated rings. The number of hydrogen-bond acceptors (Lipinski definition) is 3. The molecule has 0 saturated heterocycles. The second-order valence-corrected chi connectivity index (χ2v) is 5.19. The molecule has 0 aliphatic heterocycles. The summed E-state index contributed by atoms with van der Waals surface area (Å²) in [6.07, 6.45) is 1.72. The zero-order chi connectivity index (χ0) is 12.7. The summed E-state index contributed by atoms with van der Waals surface area (Å²) in [5, 5.41) is 3.93. The Hall–Kier alpha value is -1.94. The van der Waals surface area contributed by atoms with Gasteiger partial charge in [0.2, 0.25) is 0 Å². The van der Waals surface area contributed by atoms with E-state index in [1.807, 2.05) is 43.5 Å². The monoisotopic (exact) mass is 256 g/mol. The van der Waals surface area contributed by atoms with E-state index >= 15 is 0 Å². The standard InChI is InChI=1S/C14H12N2OS/c1-9-5-7-18-14(9)16-12-11(4-3-6-15-12)8-10(2)13(16)17/h3-8H,1-2H3. The first kappa shape index (κ1) is 11.2. The number of thiophene rings is 1. The topological polar surface area (TPSA) is 34.9 Å². The van der Waals surface area contributed by atoms with Gasteiger partial charge in [0.1, 0.15) is 10.6 Å². The molecule has 3 aromatic rings. The van der Waals surface area contributed by atoms with Crippen LogP contribution in [0.25, 0.3) is 16.0 Å².